The minimum atomic E-state index is -0.981. The second kappa shape index (κ2) is 6.23. The molecule has 4 aromatic rings. The number of hydrogen-bond donors (Lipinski definition) is 1. The number of nitrogens with zero attached hydrogens (tertiary/aromatic N) is 1. The Bertz CT molecular complexity index is 1160. The number of hydrogen-bond acceptors (Lipinski definition) is 4. The zero-order valence-electron chi connectivity index (χ0n) is 15.8. The SMILES string of the molecule is CC(C)(O)C(C)(C)OBc1cc(Cl)cc2oc3cc4ccncc4cc3c12. The van der Waals surface area contributed by atoms with E-state index in [2.05, 4.69) is 11.1 Å². The highest BCUT2D eigenvalue weighted by molar-refractivity contribution is 6.54. The van der Waals surface area contributed by atoms with Crippen molar-refractivity contribution in [2.24, 2.45) is 0 Å². The molecule has 1 N–H and O–H groups in total. The molecule has 0 unspecified atom stereocenters. The van der Waals surface area contributed by atoms with E-state index in [1.165, 1.54) is 0 Å². The van der Waals surface area contributed by atoms with Crippen molar-refractivity contribution >= 4 is 57.3 Å². The van der Waals surface area contributed by atoms with E-state index in [1.807, 2.05) is 44.3 Å². The highest BCUT2D eigenvalue weighted by Crippen LogP contribution is 2.33. The Balaban J connectivity index is 1.88. The molecule has 2 heterocycles. The van der Waals surface area contributed by atoms with Crippen molar-refractivity contribution in [1.29, 1.82) is 0 Å². The second-order valence-corrected chi connectivity index (χ2v) is 8.41. The molecule has 4 nitrogen and oxygen atoms in total. The third kappa shape index (κ3) is 3.20. The summed E-state index contributed by atoms with van der Waals surface area (Å²) in [6.07, 6.45) is 3.61. The summed E-state index contributed by atoms with van der Waals surface area (Å²) in [6.45, 7) is 7.24. The first-order valence-corrected chi connectivity index (χ1v) is 9.28. The molecule has 0 amide bonds. The third-order valence-corrected chi connectivity index (χ3v) is 5.66. The maximum atomic E-state index is 10.4. The Hall–Kier alpha value is -2.08. The number of aromatic nitrogens is 1. The molecule has 6 heteroatoms. The van der Waals surface area contributed by atoms with Crippen molar-refractivity contribution in [3.63, 3.8) is 0 Å². The van der Waals surface area contributed by atoms with Gasteiger partial charge in [-0.1, -0.05) is 11.6 Å². The molecule has 2 aromatic carbocycles. The van der Waals surface area contributed by atoms with Crippen LogP contribution in [-0.2, 0) is 4.65 Å². The van der Waals surface area contributed by atoms with Gasteiger partial charge in [0.1, 0.15) is 11.2 Å². The lowest BCUT2D eigenvalue weighted by molar-refractivity contribution is -0.0893. The Morgan fingerprint density at radius 1 is 1.07 bits per heavy atom. The maximum Gasteiger partial charge on any atom is 0.310 e. The van der Waals surface area contributed by atoms with Gasteiger partial charge in [0.15, 0.2) is 0 Å². The minimum Gasteiger partial charge on any atom is -0.456 e. The van der Waals surface area contributed by atoms with Crippen molar-refractivity contribution in [2.75, 3.05) is 0 Å². The maximum absolute atomic E-state index is 10.4. The molecule has 0 fully saturated rings. The van der Waals surface area contributed by atoms with Gasteiger partial charge in [-0.2, -0.15) is 0 Å². The molecule has 0 saturated carbocycles. The number of fused-ring (bicyclic) bond motifs is 4. The molecule has 0 aliphatic rings. The summed E-state index contributed by atoms with van der Waals surface area (Å²) in [6, 6.07) is 9.79. The Kier molecular flexibility index (Phi) is 4.22. The van der Waals surface area contributed by atoms with Crippen LogP contribution in [0.3, 0.4) is 0 Å². The third-order valence-electron chi connectivity index (χ3n) is 5.44. The molecular weight excluding hydrogens is 361 g/mol. The van der Waals surface area contributed by atoms with E-state index in [1.54, 1.807) is 20.0 Å². The van der Waals surface area contributed by atoms with Gasteiger partial charge in [-0.05, 0) is 62.8 Å². The molecular formula is C21H21BClNO3. The van der Waals surface area contributed by atoms with Gasteiger partial charge in [0, 0.05) is 39.6 Å². The molecule has 0 aliphatic carbocycles. The lowest BCUT2D eigenvalue weighted by Crippen LogP contribution is -2.49. The first-order chi connectivity index (χ1) is 12.7. The zero-order chi connectivity index (χ0) is 19.4. The fraction of sp³-hybridized carbons (Fsp3) is 0.286. The number of furan rings is 1. The Morgan fingerprint density at radius 3 is 2.59 bits per heavy atom. The number of aliphatic hydroxyl groups is 1. The van der Waals surface area contributed by atoms with E-state index in [0.29, 0.717) is 12.5 Å². The first kappa shape index (κ1) is 18.3. The van der Waals surface area contributed by atoms with Crippen LogP contribution in [0.25, 0.3) is 32.7 Å². The number of halogens is 1. The average molecular weight is 382 g/mol. The van der Waals surface area contributed by atoms with Gasteiger partial charge in [0.05, 0.1) is 11.2 Å². The van der Waals surface area contributed by atoms with Gasteiger partial charge in [-0.3, -0.25) is 4.98 Å². The summed E-state index contributed by atoms with van der Waals surface area (Å²) < 4.78 is 12.2. The molecule has 27 heavy (non-hydrogen) atoms. The van der Waals surface area contributed by atoms with E-state index in [9.17, 15) is 5.11 Å². The number of benzene rings is 2. The van der Waals surface area contributed by atoms with E-state index >= 15 is 0 Å². The summed E-state index contributed by atoms with van der Waals surface area (Å²) in [7, 11) is 0.313. The number of pyridine rings is 1. The van der Waals surface area contributed by atoms with Gasteiger partial charge in [-0.15, -0.1) is 0 Å². The predicted molar refractivity (Wildman–Crippen MR) is 112 cm³/mol. The lowest BCUT2D eigenvalue weighted by atomic mass is 9.80. The van der Waals surface area contributed by atoms with Gasteiger partial charge in [0.25, 0.3) is 0 Å². The van der Waals surface area contributed by atoms with Crippen LogP contribution in [0.15, 0.2) is 47.1 Å². The summed E-state index contributed by atoms with van der Waals surface area (Å²) in [5, 5.41) is 15.1. The minimum absolute atomic E-state index is 0.313. The van der Waals surface area contributed by atoms with E-state index < -0.39 is 11.2 Å². The molecule has 0 bridgehead atoms. The Morgan fingerprint density at radius 2 is 1.85 bits per heavy atom. The molecule has 0 aliphatic heterocycles. The second-order valence-electron chi connectivity index (χ2n) is 7.97. The highest BCUT2D eigenvalue weighted by Gasteiger charge is 2.36. The van der Waals surface area contributed by atoms with Crippen molar-refractivity contribution in [1.82, 2.24) is 4.98 Å². The highest BCUT2D eigenvalue weighted by atomic mass is 35.5. The summed E-state index contributed by atoms with van der Waals surface area (Å²) in [5.74, 6) is 0. The molecule has 0 atom stereocenters. The van der Waals surface area contributed by atoms with Crippen molar-refractivity contribution < 1.29 is 14.2 Å². The lowest BCUT2D eigenvalue weighted by Gasteiger charge is -2.37. The van der Waals surface area contributed by atoms with Crippen molar-refractivity contribution in [3.8, 4) is 0 Å². The molecule has 138 valence electrons. The van der Waals surface area contributed by atoms with E-state index in [-0.39, 0.29) is 0 Å². The van der Waals surface area contributed by atoms with E-state index in [0.717, 1.165) is 38.2 Å². The van der Waals surface area contributed by atoms with Crippen LogP contribution in [0.2, 0.25) is 5.02 Å². The average Bonchev–Trinajstić information content (AvgIpc) is 2.93. The normalized spacial score (nSPS) is 13.0. The van der Waals surface area contributed by atoms with Gasteiger partial charge in [0.2, 0.25) is 0 Å². The van der Waals surface area contributed by atoms with Crippen LogP contribution in [0.4, 0.5) is 0 Å². The Labute approximate surface area is 163 Å². The van der Waals surface area contributed by atoms with Gasteiger partial charge in [-0.25, -0.2) is 0 Å². The van der Waals surface area contributed by atoms with Crippen LogP contribution in [0, 0.1) is 0 Å². The summed E-state index contributed by atoms with van der Waals surface area (Å²) >= 11 is 6.32. The topological polar surface area (TPSA) is 55.5 Å². The predicted octanol–water partition coefficient (Wildman–Crippen LogP) is 4.33. The van der Waals surface area contributed by atoms with E-state index in [4.69, 9.17) is 20.7 Å². The molecule has 0 saturated heterocycles. The largest absolute Gasteiger partial charge is 0.456 e. The standard InChI is InChI=1S/C21H21BClNO3/c1-20(2,25)21(3,4)27-22-16-9-14(23)10-18-19(16)15-7-13-11-24-6-5-12(13)8-17(15)26-18/h5-11,22,25H,1-4H3. The monoisotopic (exact) mass is 381 g/mol. The molecule has 0 spiro atoms. The smallest absolute Gasteiger partial charge is 0.310 e. The zero-order valence-corrected chi connectivity index (χ0v) is 16.6. The van der Waals surface area contributed by atoms with Crippen LogP contribution < -0.4 is 5.46 Å². The van der Waals surface area contributed by atoms with Gasteiger partial charge < -0.3 is 14.2 Å². The summed E-state index contributed by atoms with van der Waals surface area (Å²) in [5.41, 5.74) is 0.745. The fourth-order valence-corrected chi connectivity index (χ4v) is 3.31. The molecule has 2 aromatic heterocycles. The van der Waals surface area contributed by atoms with Crippen LogP contribution >= 0.6 is 11.6 Å². The number of rotatable bonds is 4. The quantitative estimate of drug-likeness (QED) is 0.535. The first-order valence-electron chi connectivity index (χ1n) is 8.90. The summed E-state index contributed by atoms with van der Waals surface area (Å²) in [4.78, 5) is 4.21. The van der Waals surface area contributed by atoms with Crippen molar-refractivity contribution in [3.05, 3.63) is 47.7 Å². The van der Waals surface area contributed by atoms with Crippen LogP contribution in [-0.4, -0.2) is 28.8 Å². The fourth-order valence-electron chi connectivity index (χ4n) is 3.08. The van der Waals surface area contributed by atoms with Crippen LogP contribution in [0.1, 0.15) is 27.7 Å². The van der Waals surface area contributed by atoms with Crippen LogP contribution in [0.5, 0.6) is 0 Å². The molecule has 0 radical (unpaired) electrons. The molecule has 4 rings (SSSR count). The van der Waals surface area contributed by atoms with Crippen molar-refractivity contribution in [2.45, 2.75) is 38.9 Å². The van der Waals surface area contributed by atoms with Gasteiger partial charge >= 0.3 is 7.48 Å².